The predicted octanol–water partition coefficient (Wildman–Crippen LogP) is 0.658. The van der Waals surface area contributed by atoms with Gasteiger partial charge < -0.3 is 4.90 Å². The van der Waals surface area contributed by atoms with E-state index in [1.165, 1.54) is 15.5 Å². The normalized spacial score (nSPS) is 22.5. The first-order chi connectivity index (χ1) is 11.6. The molecule has 2 aliphatic rings. The number of rotatable bonds is 3. The lowest BCUT2D eigenvalue weighted by atomic mass is 10.00. The van der Waals surface area contributed by atoms with Gasteiger partial charge in [0.2, 0.25) is 10.0 Å². The van der Waals surface area contributed by atoms with Gasteiger partial charge >= 0.3 is 0 Å². The quantitative estimate of drug-likeness (QED) is 0.761. The summed E-state index contributed by atoms with van der Waals surface area (Å²) in [5.74, 6) is -0.119. The van der Waals surface area contributed by atoms with E-state index in [0.29, 0.717) is 37.1 Å². The summed E-state index contributed by atoms with van der Waals surface area (Å²) in [4.78, 5) is 14.2. The maximum atomic E-state index is 12.7. The summed E-state index contributed by atoms with van der Waals surface area (Å²) in [5.41, 5.74) is 1.91. The molecule has 7 nitrogen and oxygen atoms in total. The van der Waals surface area contributed by atoms with E-state index in [9.17, 15) is 21.6 Å². The number of anilines is 1. The number of sulfonamides is 1. The molecule has 1 aromatic rings. The van der Waals surface area contributed by atoms with E-state index in [1.807, 2.05) is 0 Å². The first-order valence-corrected chi connectivity index (χ1v) is 11.8. The lowest BCUT2D eigenvalue weighted by Crippen LogP contribution is -2.38. The third-order valence-corrected chi connectivity index (χ3v) is 7.81. The molecule has 1 saturated heterocycles. The van der Waals surface area contributed by atoms with Gasteiger partial charge in [-0.05, 0) is 43.0 Å². The molecule has 0 unspecified atom stereocenters. The summed E-state index contributed by atoms with van der Waals surface area (Å²) in [6.45, 7) is 0.443. The van der Waals surface area contributed by atoms with Crippen LogP contribution in [0.15, 0.2) is 18.2 Å². The lowest BCUT2D eigenvalue weighted by molar-refractivity contribution is 0.0747. The lowest BCUT2D eigenvalue weighted by Gasteiger charge is -2.30. The van der Waals surface area contributed by atoms with E-state index in [4.69, 9.17) is 0 Å². The van der Waals surface area contributed by atoms with Gasteiger partial charge in [0.15, 0.2) is 9.84 Å². The van der Waals surface area contributed by atoms with E-state index in [-0.39, 0.29) is 23.5 Å². The Bertz CT molecular complexity index is 908. The van der Waals surface area contributed by atoms with Crippen LogP contribution in [0.2, 0.25) is 0 Å². The largest absolute Gasteiger partial charge is 0.338 e. The van der Waals surface area contributed by atoms with Crippen molar-refractivity contribution in [3.05, 3.63) is 29.3 Å². The maximum Gasteiger partial charge on any atom is 0.253 e. The fourth-order valence-electron chi connectivity index (χ4n) is 3.49. The summed E-state index contributed by atoms with van der Waals surface area (Å²) in [7, 11) is -4.78. The fraction of sp³-hybridized carbons (Fsp3) is 0.562. The van der Waals surface area contributed by atoms with Crippen LogP contribution in [0.25, 0.3) is 0 Å². The van der Waals surface area contributed by atoms with Crippen LogP contribution in [-0.4, -0.2) is 65.0 Å². The Morgan fingerprint density at radius 1 is 1.32 bits per heavy atom. The van der Waals surface area contributed by atoms with E-state index in [1.54, 1.807) is 25.2 Å². The zero-order valence-electron chi connectivity index (χ0n) is 14.3. The van der Waals surface area contributed by atoms with Crippen LogP contribution in [0, 0.1) is 0 Å². The van der Waals surface area contributed by atoms with E-state index < -0.39 is 19.9 Å². The molecule has 0 aliphatic carbocycles. The third kappa shape index (κ3) is 3.67. The third-order valence-electron chi connectivity index (χ3n) is 4.88. The van der Waals surface area contributed by atoms with Crippen molar-refractivity contribution in [3.8, 4) is 0 Å². The number of carbonyl (C=O) groups excluding carboxylic acids is 1. The molecule has 1 aromatic carbocycles. The summed E-state index contributed by atoms with van der Waals surface area (Å²) in [5, 5.41) is 0. The Hall–Kier alpha value is -1.61. The van der Waals surface area contributed by atoms with Gasteiger partial charge in [0.05, 0.1) is 23.4 Å². The molecule has 3 rings (SSSR count). The Labute approximate surface area is 148 Å². The van der Waals surface area contributed by atoms with Crippen molar-refractivity contribution in [3.63, 3.8) is 0 Å². The monoisotopic (exact) mass is 386 g/mol. The molecule has 0 aromatic heterocycles. The molecule has 0 bridgehead atoms. The number of hydrogen-bond donors (Lipinski definition) is 0. The second kappa shape index (κ2) is 6.28. The molecule has 2 heterocycles. The molecule has 0 saturated carbocycles. The van der Waals surface area contributed by atoms with Gasteiger partial charge in [-0.25, -0.2) is 16.8 Å². The van der Waals surface area contributed by atoms with Gasteiger partial charge in [-0.1, -0.05) is 0 Å². The summed E-state index contributed by atoms with van der Waals surface area (Å²) < 4.78 is 48.4. The first kappa shape index (κ1) is 18.2. The number of hydrogen-bond acceptors (Lipinski definition) is 5. The van der Waals surface area contributed by atoms with E-state index >= 15 is 0 Å². The molecule has 0 radical (unpaired) electrons. The summed E-state index contributed by atoms with van der Waals surface area (Å²) in [6, 6.07) is 4.71. The highest BCUT2D eigenvalue weighted by Gasteiger charge is 2.33. The van der Waals surface area contributed by atoms with E-state index in [2.05, 4.69) is 0 Å². The minimum absolute atomic E-state index is 0.00202. The molecule has 1 atom stereocenters. The van der Waals surface area contributed by atoms with Crippen LogP contribution in [0.3, 0.4) is 0 Å². The number of aryl methyl sites for hydroxylation is 1. The second-order valence-electron chi connectivity index (χ2n) is 6.76. The zero-order valence-corrected chi connectivity index (χ0v) is 15.9. The fourth-order valence-corrected chi connectivity index (χ4v) is 6.26. The van der Waals surface area contributed by atoms with Crippen molar-refractivity contribution in [1.82, 2.24) is 4.90 Å². The second-order valence-corrected chi connectivity index (χ2v) is 10.9. The van der Waals surface area contributed by atoms with Crippen molar-refractivity contribution >= 4 is 31.5 Å². The number of nitrogens with zero attached hydrogens (tertiary/aromatic N) is 2. The molecule has 138 valence electrons. The van der Waals surface area contributed by atoms with Gasteiger partial charge in [0, 0.05) is 25.2 Å². The smallest absolute Gasteiger partial charge is 0.253 e. The Balaban J connectivity index is 1.86. The Morgan fingerprint density at radius 2 is 2.04 bits per heavy atom. The number of amides is 1. The van der Waals surface area contributed by atoms with Crippen molar-refractivity contribution < 1.29 is 21.6 Å². The molecule has 0 spiro atoms. The maximum absolute atomic E-state index is 12.7. The molecular weight excluding hydrogens is 364 g/mol. The Kier molecular flexibility index (Phi) is 4.57. The molecule has 1 fully saturated rings. The molecule has 25 heavy (non-hydrogen) atoms. The summed E-state index contributed by atoms with van der Waals surface area (Å²) >= 11 is 0. The predicted molar refractivity (Wildman–Crippen MR) is 96.1 cm³/mol. The number of fused-ring (bicyclic) bond motifs is 1. The number of benzene rings is 1. The minimum atomic E-state index is -3.34. The molecular formula is C16H22N2O5S2. The topological polar surface area (TPSA) is 91.8 Å². The van der Waals surface area contributed by atoms with Gasteiger partial charge in [-0.15, -0.1) is 0 Å². The van der Waals surface area contributed by atoms with Gasteiger partial charge in [0.25, 0.3) is 5.91 Å². The highest BCUT2D eigenvalue weighted by atomic mass is 32.2. The molecule has 0 N–H and O–H groups in total. The van der Waals surface area contributed by atoms with Crippen LogP contribution in [-0.2, 0) is 26.3 Å². The van der Waals surface area contributed by atoms with Crippen LogP contribution >= 0.6 is 0 Å². The minimum Gasteiger partial charge on any atom is -0.338 e. The van der Waals surface area contributed by atoms with Crippen LogP contribution < -0.4 is 4.31 Å². The number of carbonyl (C=O) groups is 1. The zero-order chi connectivity index (χ0) is 18.4. The highest BCUT2D eigenvalue weighted by molar-refractivity contribution is 7.92. The van der Waals surface area contributed by atoms with Gasteiger partial charge in [0.1, 0.15) is 0 Å². The van der Waals surface area contributed by atoms with Crippen LogP contribution in [0.4, 0.5) is 5.69 Å². The van der Waals surface area contributed by atoms with Gasteiger partial charge in [-0.3, -0.25) is 9.10 Å². The SMILES string of the molecule is CN(C(=O)c1ccc2c(c1)CCCN2S(C)(=O)=O)[C@@H]1CCS(=O)(=O)C1. The highest BCUT2D eigenvalue weighted by Crippen LogP contribution is 2.30. The molecule has 1 amide bonds. The average molecular weight is 386 g/mol. The van der Waals surface area contributed by atoms with Crippen molar-refractivity contribution in [2.75, 3.05) is 35.7 Å². The van der Waals surface area contributed by atoms with Crippen LogP contribution in [0.5, 0.6) is 0 Å². The van der Waals surface area contributed by atoms with Crippen molar-refractivity contribution in [2.24, 2.45) is 0 Å². The average Bonchev–Trinajstić information content (AvgIpc) is 2.91. The van der Waals surface area contributed by atoms with Crippen LogP contribution in [0.1, 0.15) is 28.8 Å². The Morgan fingerprint density at radius 3 is 2.64 bits per heavy atom. The van der Waals surface area contributed by atoms with Crippen molar-refractivity contribution in [1.29, 1.82) is 0 Å². The summed E-state index contributed by atoms with van der Waals surface area (Å²) in [6.07, 6.45) is 3.05. The number of sulfone groups is 1. The first-order valence-electron chi connectivity index (χ1n) is 8.17. The molecule has 9 heteroatoms. The van der Waals surface area contributed by atoms with E-state index in [0.717, 1.165) is 5.56 Å². The van der Waals surface area contributed by atoms with Crippen molar-refractivity contribution in [2.45, 2.75) is 25.3 Å². The van der Waals surface area contributed by atoms with Gasteiger partial charge in [-0.2, -0.15) is 0 Å². The molecule has 2 aliphatic heterocycles. The standard InChI is InChI=1S/C16H22N2O5S2/c1-17(14-7-9-25(22,23)11-14)16(19)13-5-6-15-12(10-13)4-3-8-18(15)24(2,20)21/h5-6,10,14H,3-4,7-9,11H2,1-2H3/t14-/m1/s1.